The van der Waals surface area contributed by atoms with E-state index < -0.39 is 11.2 Å². The molecule has 1 aromatic rings. The summed E-state index contributed by atoms with van der Waals surface area (Å²) >= 11 is 0. The molecule has 1 aliphatic carbocycles. The van der Waals surface area contributed by atoms with Gasteiger partial charge in [0.25, 0.3) is 5.56 Å². The molecule has 1 saturated carbocycles. The first kappa shape index (κ1) is 13.7. The minimum Gasteiger partial charge on any atom is -0.383 e. The fraction of sp³-hybridized carbons (Fsp3) is 0.692. The van der Waals surface area contributed by atoms with Gasteiger partial charge in [0.15, 0.2) is 0 Å². The van der Waals surface area contributed by atoms with Crippen molar-refractivity contribution in [1.29, 1.82) is 0 Å². The number of aromatic amines is 1. The molecule has 1 aliphatic rings. The molecule has 0 aliphatic heterocycles. The third kappa shape index (κ3) is 2.83. The van der Waals surface area contributed by atoms with E-state index in [0.29, 0.717) is 11.6 Å². The van der Waals surface area contributed by atoms with Gasteiger partial charge in [-0.1, -0.05) is 19.3 Å². The standard InChI is InChI=1S/C13H22N4O2/c1-8(9-6-4-3-5-7-9)15-10-11(14)17(2)13(19)16-12(10)18/h8-9,15H,3-7,14H2,1-2H3,(H,16,18,19). The molecule has 1 atom stereocenters. The van der Waals surface area contributed by atoms with Crippen molar-refractivity contribution < 1.29 is 0 Å². The normalized spacial score (nSPS) is 18.2. The van der Waals surface area contributed by atoms with E-state index in [1.807, 2.05) is 0 Å². The smallest absolute Gasteiger partial charge is 0.329 e. The van der Waals surface area contributed by atoms with Crippen molar-refractivity contribution in [1.82, 2.24) is 9.55 Å². The van der Waals surface area contributed by atoms with E-state index in [9.17, 15) is 9.59 Å². The Labute approximate surface area is 112 Å². The monoisotopic (exact) mass is 266 g/mol. The highest BCUT2D eigenvalue weighted by atomic mass is 16.2. The summed E-state index contributed by atoms with van der Waals surface area (Å²) < 4.78 is 1.25. The summed E-state index contributed by atoms with van der Waals surface area (Å²) in [7, 11) is 1.55. The van der Waals surface area contributed by atoms with Crippen molar-refractivity contribution in [3.05, 3.63) is 20.8 Å². The number of nitrogens with two attached hydrogens (primary N) is 1. The van der Waals surface area contributed by atoms with E-state index in [4.69, 9.17) is 5.73 Å². The maximum Gasteiger partial charge on any atom is 0.329 e. The second-order valence-corrected chi connectivity index (χ2v) is 5.41. The van der Waals surface area contributed by atoms with Gasteiger partial charge in [-0.3, -0.25) is 14.3 Å². The lowest BCUT2D eigenvalue weighted by molar-refractivity contribution is 0.328. The molecule has 0 bridgehead atoms. The summed E-state index contributed by atoms with van der Waals surface area (Å²) in [5.74, 6) is 0.751. The fourth-order valence-corrected chi connectivity index (χ4v) is 2.76. The largest absolute Gasteiger partial charge is 0.383 e. The van der Waals surface area contributed by atoms with Gasteiger partial charge >= 0.3 is 5.69 Å². The van der Waals surface area contributed by atoms with Gasteiger partial charge in [-0.15, -0.1) is 0 Å². The maximum absolute atomic E-state index is 11.8. The van der Waals surface area contributed by atoms with Crippen LogP contribution in [0.4, 0.5) is 11.5 Å². The third-order valence-electron chi connectivity index (χ3n) is 4.10. The summed E-state index contributed by atoms with van der Waals surface area (Å²) in [4.78, 5) is 25.5. The lowest BCUT2D eigenvalue weighted by Gasteiger charge is -2.29. The SMILES string of the molecule is CC(Nc1c(N)n(C)c(=O)[nH]c1=O)C1CCCCC1. The highest BCUT2D eigenvalue weighted by Gasteiger charge is 2.22. The van der Waals surface area contributed by atoms with Crippen LogP contribution in [0.5, 0.6) is 0 Å². The second-order valence-electron chi connectivity index (χ2n) is 5.41. The molecule has 1 unspecified atom stereocenters. The van der Waals surface area contributed by atoms with Crippen molar-refractivity contribution in [2.45, 2.75) is 45.1 Å². The number of nitrogens with one attached hydrogen (secondary N) is 2. The Kier molecular flexibility index (Phi) is 3.97. The van der Waals surface area contributed by atoms with E-state index >= 15 is 0 Å². The first-order valence-electron chi connectivity index (χ1n) is 6.86. The number of hydrogen-bond acceptors (Lipinski definition) is 4. The number of hydrogen-bond donors (Lipinski definition) is 3. The van der Waals surface area contributed by atoms with Crippen LogP contribution in [0.3, 0.4) is 0 Å². The minimum atomic E-state index is -0.488. The summed E-state index contributed by atoms with van der Waals surface area (Å²) in [5.41, 5.74) is 5.22. The topological polar surface area (TPSA) is 92.9 Å². The molecular weight excluding hydrogens is 244 g/mol. The molecule has 106 valence electrons. The number of nitrogens with zero attached hydrogens (tertiary/aromatic N) is 1. The Balaban J connectivity index is 2.21. The number of anilines is 2. The van der Waals surface area contributed by atoms with E-state index in [1.165, 1.54) is 36.7 Å². The Morgan fingerprint density at radius 2 is 1.95 bits per heavy atom. The number of H-pyrrole nitrogens is 1. The fourth-order valence-electron chi connectivity index (χ4n) is 2.76. The molecule has 2 rings (SSSR count). The molecule has 0 radical (unpaired) electrons. The molecule has 0 spiro atoms. The second kappa shape index (κ2) is 5.50. The van der Waals surface area contributed by atoms with E-state index in [2.05, 4.69) is 17.2 Å². The Morgan fingerprint density at radius 1 is 1.32 bits per heavy atom. The molecule has 1 fully saturated rings. The van der Waals surface area contributed by atoms with Gasteiger partial charge in [0, 0.05) is 13.1 Å². The minimum absolute atomic E-state index is 0.182. The van der Waals surface area contributed by atoms with Crippen LogP contribution in [-0.2, 0) is 7.05 Å². The molecule has 0 amide bonds. The van der Waals surface area contributed by atoms with Crippen LogP contribution in [0.1, 0.15) is 39.0 Å². The van der Waals surface area contributed by atoms with Crippen LogP contribution in [0.15, 0.2) is 9.59 Å². The summed E-state index contributed by atoms with van der Waals surface area (Å²) in [5, 5.41) is 3.19. The number of aromatic nitrogens is 2. The Hall–Kier alpha value is -1.72. The van der Waals surface area contributed by atoms with Crippen LogP contribution in [0.25, 0.3) is 0 Å². The van der Waals surface area contributed by atoms with Gasteiger partial charge < -0.3 is 11.1 Å². The first-order chi connectivity index (χ1) is 9.00. The van der Waals surface area contributed by atoms with E-state index in [0.717, 1.165) is 0 Å². The lowest BCUT2D eigenvalue weighted by atomic mass is 9.84. The van der Waals surface area contributed by atoms with Crippen LogP contribution in [0, 0.1) is 5.92 Å². The van der Waals surface area contributed by atoms with Gasteiger partial charge in [-0.05, 0) is 25.7 Å². The average molecular weight is 266 g/mol. The van der Waals surface area contributed by atoms with Gasteiger partial charge in [0.2, 0.25) is 0 Å². The van der Waals surface area contributed by atoms with Crippen LogP contribution in [-0.4, -0.2) is 15.6 Å². The number of rotatable bonds is 3. The zero-order chi connectivity index (χ0) is 14.0. The molecule has 6 nitrogen and oxygen atoms in total. The van der Waals surface area contributed by atoms with Crippen LogP contribution < -0.4 is 22.3 Å². The molecule has 4 N–H and O–H groups in total. The van der Waals surface area contributed by atoms with Crippen molar-refractivity contribution >= 4 is 11.5 Å². The summed E-state index contributed by atoms with van der Waals surface area (Å²) in [6.07, 6.45) is 6.15. The van der Waals surface area contributed by atoms with Crippen molar-refractivity contribution in [3.63, 3.8) is 0 Å². The van der Waals surface area contributed by atoms with Crippen LogP contribution in [0.2, 0.25) is 0 Å². The quantitative estimate of drug-likeness (QED) is 0.762. The van der Waals surface area contributed by atoms with Crippen molar-refractivity contribution in [3.8, 4) is 0 Å². The molecule has 1 heterocycles. The first-order valence-corrected chi connectivity index (χ1v) is 6.86. The predicted octanol–water partition coefficient (Wildman–Crippen LogP) is 1.04. The molecular formula is C13H22N4O2. The highest BCUT2D eigenvalue weighted by Crippen LogP contribution is 2.28. The highest BCUT2D eigenvalue weighted by molar-refractivity contribution is 5.60. The Bertz CT molecular complexity index is 555. The average Bonchev–Trinajstić information content (AvgIpc) is 2.42. The van der Waals surface area contributed by atoms with Gasteiger partial charge in [0.1, 0.15) is 11.5 Å². The number of nitrogen functional groups attached to an aromatic ring is 1. The molecule has 0 saturated heterocycles. The van der Waals surface area contributed by atoms with E-state index in [-0.39, 0.29) is 11.9 Å². The van der Waals surface area contributed by atoms with Gasteiger partial charge in [-0.2, -0.15) is 0 Å². The van der Waals surface area contributed by atoms with Crippen LogP contribution >= 0.6 is 0 Å². The lowest BCUT2D eigenvalue weighted by Crippen LogP contribution is -2.36. The molecule has 1 aromatic heterocycles. The van der Waals surface area contributed by atoms with Gasteiger partial charge in [-0.25, -0.2) is 4.79 Å². The summed E-state index contributed by atoms with van der Waals surface area (Å²) in [6.45, 7) is 2.07. The molecule has 19 heavy (non-hydrogen) atoms. The maximum atomic E-state index is 11.8. The van der Waals surface area contributed by atoms with Gasteiger partial charge in [0.05, 0.1) is 0 Å². The zero-order valence-corrected chi connectivity index (χ0v) is 11.5. The predicted molar refractivity (Wildman–Crippen MR) is 76.4 cm³/mol. The zero-order valence-electron chi connectivity index (χ0n) is 11.5. The molecule has 0 aromatic carbocycles. The van der Waals surface area contributed by atoms with E-state index in [1.54, 1.807) is 7.05 Å². The van der Waals surface area contributed by atoms with Crippen molar-refractivity contribution in [2.75, 3.05) is 11.1 Å². The summed E-state index contributed by atoms with van der Waals surface area (Å²) in [6, 6.07) is 0.182. The Morgan fingerprint density at radius 3 is 2.58 bits per heavy atom. The third-order valence-corrected chi connectivity index (χ3v) is 4.10. The van der Waals surface area contributed by atoms with Crippen molar-refractivity contribution in [2.24, 2.45) is 13.0 Å². The molecule has 6 heteroatoms.